The smallest absolute Gasteiger partial charge is 0.106 e. The second-order valence-corrected chi connectivity index (χ2v) is 2.24. The second-order valence-electron chi connectivity index (χ2n) is 2.24. The zero-order chi connectivity index (χ0) is 7.40. The van der Waals surface area contributed by atoms with E-state index in [4.69, 9.17) is 5.41 Å². The summed E-state index contributed by atoms with van der Waals surface area (Å²) in [6.07, 6.45) is 0.785. The van der Waals surface area contributed by atoms with Gasteiger partial charge >= 0.3 is 0 Å². The van der Waals surface area contributed by atoms with E-state index in [1.165, 1.54) is 0 Å². The fraction of sp³-hybridized carbons (Fsp3) is 0.500. The standard InChI is InChI=1S/C6H12N4/c1-5-8-4-6(7)2-3-9-10-5/h7-10H,1-4H2. The predicted octanol–water partition coefficient (Wildman–Crippen LogP) is -0.435. The molecular formula is C6H12N4. The van der Waals surface area contributed by atoms with Gasteiger partial charge in [0, 0.05) is 18.7 Å². The first kappa shape index (κ1) is 7.08. The topological polar surface area (TPSA) is 59.9 Å². The van der Waals surface area contributed by atoms with E-state index in [0.29, 0.717) is 12.3 Å². The van der Waals surface area contributed by atoms with E-state index in [9.17, 15) is 0 Å². The maximum Gasteiger partial charge on any atom is 0.106 e. The van der Waals surface area contributed by atoms with Crippen LogP contribution in [0.1, 0.15) is 6.42 Å². The zero-order valence-corrected chi connectivity index (χ0v) is 5.83. The SMILES string of the molecule is C=C1NCC(=N)CCNN1. The van der Waals surface area contributed by atoms with Gasteiger partial charge in [0.1, 0.15) is 5.82 Å². The lowest BCUT2D eigenvalue weighted by molar-refractivity contribution is 0.563. The van der Waals surface area contributed by atoms with Gasteiger partial charge in [0.05, 0.1) is 6.54 Å². The highest BCUT2D eigenvalue weighted by molar-refractivity contribution is 5.83. The van der Waals surface area contributed by atoms with Gasteiger partial charge in [0.25, 0.3) is 0 Å². The van der Waals surface area contributed by atoms with Crippen LogP contribution in [0.25, 0.3) is 0 Å². The average molecular weight is 140 g/mol. The van der Waals surface area contributed by atoms with E-state index < -0.39 is 0 Å². The minimum absolute atomic E-state index is 0.605. The van der Waals surface area contributed by atoms with Crippen LogP contribution in [0.2, 0.25) is 0 Å². The zero-order valence-electron chi connectivity index (χ0n) is 5.83. The van der Waals surface area contributed by atoms with Crippen LogP contribution < -0.4 is 16.2 Å². The third kappa shape index (κ3) is 2.06. The van der Waals surface area contributed by atoms with Crippen LogP contribution in [-0.2, 0) is 0 Å². The first-order valence-electron chi connectivity index (χ1n) is 3.27. The van der Waals surface area contributed by atoms with E-state index in [0.717, 1.165) is 18.8 Å². The Labute approximate surface area is 60.2 Å². The van der Waals surface area contributed by atoms with Gasteiger partial charge in [-0.2, -0.15) is 0 Å². The molecule has 0 saturated carbocycles. The Morgan fingerprint density at radius 1 is 1.50 bits per heavy atom. The van der Waals surface area contributed by atoms with Gasteiger partial charge < -0.3 is 16.2 Å². The van der Waals surface area contributed by atoms with Gasteiger partial charge in [-0.15, -0.1) is 0 Å². The van der Waals surface area contributed by atoms with Crippen LogP contribution in [0.5, 0.6) is 0 Å². The fourth-order valence-electron chi connectivity index (χ4n) is 0.729. The highest BCUT2D eigenvalue weighted by Gasteiger charge is 2.01. The van der Waals surface area contributed by atoms with E-state index in [-0.39, 0.29) is 0 Å². The van der Waals surface area contributed by atoms with Gasteiger partial charge in [-0.05, 0) is 0 Å². The Balaban J connectivity index is 2.36. The van der Waals surface area contributed by atoms with Gasteiger partial charge in [-0.1, -0.05) is 6.58 Å². The quantitative estimate of drug-likeness (QED) is 0.369. The van der Waals surface area contributed by atoms with Crippen molar-refractivity contribution in [3.63, 3.8) is 0 Å². The molecule has 4 nitrogen and oxygen atoms in total. The molecule has 10 heavy (non-hydrogen) atoms. The molecule has 4 N–H and O–H groups in total. The lowest BCUT2D eigenvalue weighted by Crippen LogP contribution is -2.42. The summed E-state index contributed by atoms with van der Waals surface area (Å²) in [6, 6.07) is 0. The molecule has 0 atom stereocenters. The molecule has 1 heterocycles. The number of hydrazine groups is 1. The predicted molar refractivity (Wildman–Crippen MR) is 40.6 cm³/mol. The Kier molecular flexibility index (Phi) is 2.28. The van der Waals surface area contributed by atoms with E-state index in [2.05, 4.69) is 22.7 Å². The average Bonchev–Trinajstić information content (AvgIpc) is 1.90. The minimum atomic E-state index is 0.605. The first-order valence-corrected chi connectivity index (χ1v) is 3.27. The van der Waals surface area contributed by atoms with Crippen LogP contribution in [0, 0.1) is 5.41 Å². The molecule has 0 spiro atoms. The van der Waals surface area contributed by atoms with E-state index in [1.54, 1.807) is 0 Å². The molecule has 0 aromatic rings. The summed E-state index contributed by atoms with van der Waals surface area (Å²) < 4.78 is 0. The minimum Gasteiger partial charge on any atom is -0.366 e. The molecule has 56 valence electrons. The van der Waals surface area contributed by atoms with Crippen LogP contribution >= 0.6 is 0 Å². The summed E-state index contributed by atoms with van der Waals surface area (Å²) >= 11 is 0. The fourth-order valence-corrected chi connectivity index (χ4v) is 0.729. The number of rotatable bonds is 0. The Morgan fingerprint density at radius 3 is 3.10 bits per heavy atom. The van der Waals surface area contributed by atoms with Gasteiger partial charge in [-0.3, -0.25) is 0 Å². The summed E-state index contributed by atoms with van der Waals surface area (Å²) in [6.45, 7) is 5.06. The lowest BCUT2D eigenvalue weighted by Gasteiger charge is -2.17. The van der Waals surface area contributed by atoms with Crippen molar-refractivity contribution >= 4 is 5.71 Å². The van der Waals surface area contributed by atoms with Gasteiger partial charge in [0.2, 0.25) is 0 Å². The molecule has 0 radical (unpaired) electrons. The summed E-state index contributed by atoms with van der Waals surface area (Å²) in [5.41, 5.74) is 6.47. The highest BCUT2D eigenvalue weighted by Crippen LogP contribution is 1.85. The van der Waals surface area contributed by atoms with Crippen molar-refractivity contribution in [3.8, 4) is 0 Å². The molecule has 0 amide bonds. The van der Waals surface area contributed by atoms with Crippen molar-refractivity contribution in [2.45, 2.75) is 6.42 Å². The molecule has 4 heteroatoms. The Bertz CT molecular complexity index is 134. The molecule has 1 rings (SSSR count). The van der Waals surface area contributed by atoms with E-state index in [1.807, 2.05) is 0 Å². The molecule has 0 unspecified atom stereocenters. The van der Waals surface area contributed by atoms with Crippen molar-refractivity contribution < 1.29 is 0 Å². The summed E-state index contributed by atoms with van der Waals surface area (Å²) in [5, 5.41) is 10.3. The van der Waals surface area contributed by atoms with Crippen molar-refractivity contribution in [1.29, 1.82) is 5.41 Å². The highest BCUT2D eigenvalue weighted by atomic mass is 15.4. The largest absolute Gasteiger partial charge is 0.366 e. The normalized spacial score (nSPS) is 20.4. The Hall–Kier alpha value is -1.03. The van der Waals surface area contributed by atoms with Crippen LogP contribution in [0.15, 0.2) is 12.4 Å². The molecule has 0 aromatic carbocycles. The first-order chi connectivity index (χ1) is 4.79. The van der Waals surface area contributed by atoms with Crippen LogP contribution in [0.3, 0.4) is 0 Å². The summed E-state index contributed by atoms with van der Waals surface area (Å²) in [4.78, 5) is 0. The second kappa shape index (κ2) is 3.22. The van der Waals surface area contributed by atoms with Crippen molar-refractivity contribution in [2.75, 3.05) is 13.1 Å². The third-order valence-corrected chi connectivity index (χ3v) is 1.31. The van der Waals surface area contributed by atoms with E-state index >= 15 is 0 Å². The summed E-state index contributed by atoms with van der Waals surface area (Å²) in [7, 11) is 0. The molecule has 0 bridgehead atoms. The number of hydrogen-bond donors (Lipinski definition) is 4. The molecule has 1 fully saturated rings. The van der Waals surface area contributed by atoms with Crippen molar-refractivity contribution in [2.24, 2.45) is 0 Å². The van der Waals surface area contributed by atoms with Crippen molar-refractivity contribution in [3.05, 3.63) is 12.4 Å². The Morgan fingerprint density at radius 2 is 2.30 bits per heavy atom. The monoisotopic (exact) mass is 140 g/mol. The molecule has 0 aromatic heterocycles. The third-order valence-electron chi connectivity index (χ3n) is 1.31. The molecule has 1 aliphatic rings. The van der Waals surface area contributed by atoms with Gasteiger partial charge in [0.15, 0.2) is 0 Å². The number of nitrogens with one attached hydrogen (secondary N) is 4. The maximum atomic E-state index is 7.34. The number of hydrogen-bond acceptors (Lipinski definition) is 4. The molecule has 1 aliphatic heterocycles. The van der Waals surface area contributed by atoms with Crippen LogP contribution in [0.4, 0.5) is 0 Å². The summed E-state index contributed by atoms with van der Waals surface area (Å²) in [5.74, 6) is 0.726. The molecule has 0 aliphatic carbocycles. The molecular weight excluding hydrogens is 128 g/mol. The van der Waals surface area contributed by atoms with Crippen molar-refractivity contribution in [1.82, 2.24) is 16.2 Å². The van der Waals surface area contributed by atoms with Gasteiger partial charge in [-0.25, -0.2) is 5.43 Å². The lowest BCUT2D eigenvalue weighted by atomic mass is 10.2. The maximum absolute atomic E-state index is 7.34. The molecule has 1 saturated heterocycles. The van der Waals surface area contributed by atoms with Crippen LogP contribution in [-0.4, -0.2) is 18.8 Å².